The van der Waals surface area contributed by atoms with Crippen LogP contribution in [0.1, 0.15) is 22.4 Å². The van der Waals surface area contributed by atoms with E-state index >= 15 is 0 Å². The first-order valence-corrected chi connectivity index (χ1v) is 13.1. The summed E-state index contributed by atoms with van der Waals surface area (Å²) in [4.78, 5) is 5.21. The lowest BCUT2D eigenvalue weighted by atomic mass is 9.61. The lowest BCUT2D eigenvalue weighted by molar-refractivity contribution is 0.720. The van der Waals surface area contributed by atoms with E-state index in [0.29, 0.717) is 0 Å². The van der Waals surface area contributed by atoms with Gasteiger partial charge in [-0.25, -0.2) is 0 Å². The summed E-state index contributed by atoms with van der Waals surface area (Å²) >= 11 is 1.89. The first-order chi connectivity index (χ1) is 17.9. The Bertz CT molecular complexity index is 1890. The molecule has 5 aromatic carbocycles. The first kappa shape index (κ1) is 20.0. The van der Waals surface area contributed by atoms with Gasteiger partial charge >= 0.3 is 0 Å². The van der Waals surface area contributed by atoms with Gasteiger partial charge in [0.2, 0.25) is 0 Å². The van der Waals surface area contributed by atoms with Crippen molar-refractivity contribution in [2.75, 3.05) is 0 Å². The minimum Gasteiger partial charge on any atom is -0.259 e. The molecule has 8 rings (SSSR count). The Hall–Kier alpha value is -4.27. The number of aromatic nitrogens is 1. The number of rotatable bonds is 2. The van der Waals surface area contributed by atoms with Gasteiger partial charge in [0, 0.05) is 37.1 Å². The van der Waals surface area contributed by atoms with Gasteiger partial charge in [0.1, 0.15) is 0 Å². The van der Waals surface area contributed by atoms with Crippen molar-refractivity contribution in [1.29, 1.82) is 0 Å². The summed E-state index contributed by atoms with van der Waals surface area (Å²) in [5.74, 6) is 0. The van der Waals surface area contributed by atoms with Gasteiger partial charge in [-0.1, -0.05) is 103 Å². The van der Waals surface area contributed by atoms with Crippen LogP contribution in [0, 0.1) is 0 Å². The molecule has 0 amide bonds. The van der Waals surface area contributed by atoms with Crippen molar-refractivity contribution in [1.82, 2.24) is 4.98 Å². The Balaban J connectivity index is 1.65. The first-order valence-electron chi connectivity index (χ1n) is 12.3. The highest BCUT2D eigenvalue weighted by molar-refractivity contribution is 7.26. The standard InChI is InChI=1S/C34H21NS/c1-3-11-22(12-4-1)34(23-13-5-2-6-14-23)29-17-9-7-15-24(29)27-21-28-25-16-8-10-18-30(25)36-32(28)26-19-20-35-33(34)31(26)27/h1-21H. The molecule has 0 N–H and O–H groups in total. The molecule has 0 unspecified atom stereocenters. The number of hydrogen-bond donors (Lipinski definition) is 0. The molecule has 168 valence electrons. The third-order valence-corrected chi connectivity index (χ3v) is 9.00. The molecule has 0 saturated heterocycles. The van der Waals surface area contributed by atoms with Crippen molar-refractivity contribution in [3.05, 3.63) is 150 Å². The van der Waals surface area contributed by atoms with Crippen LogP contribution in [0.3, 0.4) is 0 Å². The van der Waals surface area contributed by atoms with Gasteiger partial charge in [0.05, 0.1) is 11.1 Å². The van der Waals surface area contributed by atoms with Gasteiger partial charge < -0.3 is 0 Å². The molecule has 0 saturated carbocycles. The van der Waals surface area contributed by atoms with Crippen molar-refractivity contribution < 1.29 is 0 Å². The number of fused-ring (bicyclic) bond motifs is 6. The Morgan fingerprint density at radius 3 is 2.00 bits per heavy atom. The van der Waals surface area contributed by atoms with E-state index in [2.05, 4.69) is 121 Å². The molecule has 2 heteroatoms. The molecule has 2 aromatic heterocycles. The second-order valence-corrected chi connectivity index (χ2v) is 10.6. The number of thiophene rings is 1. The molecule has 0 radical (unpaired) electrons. The average Bonchev–Trinajstić information content (AvgIpc) is 3.33. The summed E-state index contributed by atoms with van der Waals surface area (Å²) < 4.78 is 2.67. The zero-order valence-electron chi connectivity index (χ0n) is 19.5. The van der Waals surface area contributed by atoms with Crippen LogP contribution < -0.4 is 0 Å². The minimum absolute atomic E-state index is 0.504. The van der Waals surface area contributed by atoms with Crippen LogP contribution in [0.4, 0.5) is 0 Å². The van der Waals surface area contributed by atoms with Gasteiger partial charge in [-0.15, -0.1) is 11.3 Å². The molecular formula is C34H21NS. The predicted octanol–water partition coefficient (Wildman–Crippen LogP) is 8.97. The number of nitrogens with zero attached hydrogens (tertiary/aromatic N) is 1. The number of pyridine rings is 1. The Kier molecular flexibility index (Phi) is 4.09. The second kappa shape index (κ2) is 7.36. The van der Waals surface area contributed by atoms with E-state index in [1.165, 1.54) is 58.8 Å². The largest absolute Gasteiger partial charge is 0.259 e. The zero-order chi connectivity index (χ0) is 23.7. The average molecular weight is 476 g/mol. The maximum absolute atomic E-state index is 5.21. The highest BCUT2D eigenvalue weighted by atomic mass is 32.1. The molecular weight excluding hydrogens is 454 g/mol. The normalized spacial score (nSPS) is 13.8. The van der Waals surface area contributed by atoms with Crippen molar-refractivity contribution >= 4 is 42.3 Å². The Morgan fingerprint density at radius 1 is 0.556 bits per heavy atom. The highest BCUT2D eigenvalue weighted by Gasteiger charge is 2.45. The fourth-order valence-electron chi connectivity index (χ4n) is 6.35. The Labute approximate surface area is 213 Å². The molecule has 0 atom stereocenters. The maximum Gasteiger partial charge on any atom is 0.0886 e. The molecule has 1 nitrogen and oxygen atoms in total. The third kappa shape index (κ3) is 2.47. The summed E-state index contributed by atoms with van der Waals surface area (Å²) in [6, 6.07) is 44.1. The molecule has 0 fully saturated rings. The second-order valence-electron chi connectivity index (χ2n) is 9.51. The lowest BCUT2D eigenvalue weighted by Gasteiger charge is -2.41. The van der Waals surface area contributed by atoms with Crippen molar-refractivity contribution in [3.8, 4) is 11.1 Å². The van der Waals surface area contributed by atoms with E-state index in [1.807, 2.05) is 17.5 Å². The highest BCUT2D eigenvalue weighted by Crippen LogP contribution is 2.56. The number of benzene rings is 5. The minimum atomic E-state index is -0.504. The van der Waals surface area contributed by atoms with Crippen molar-refractivity contribution in [2.24, 2.45) is 0 Å². The van der Waals surface area contributed by atoms with Crippen LogP contribution in [-0.4, -0.2) is 4.98 Å². The summed E-state index contributed by atoms with van der Waals surface area (Å²) in [6.07, 6.45) is 2.01. The van der Waals surface area contributed by atoms with E-state index in [1.54, 1.807) is 0 Å². The zero-order valence-corrected chi connectivity index (χ0v) is 20.3. The Morgan fingerprint density at radius 2 is 1.22 bits per heavy atom. The maximum atomic E-state index is 5.21. The molecule has 36 heavy (non-hydrogen) atoms. The molecule has 0 aliphatic heterocycles. The van der Waals surface area contributed by atoms with Gasteiger partial charge in [0.15, 0.2) is 0 Å². The van der Waals surface area contributed by atoms with Crippen LogP contribution in [-0.2, 0) is 5.41 Å². The van der Waals surface area contributed by atoms with Gasteiger partial charge in [-0.3, -0.25) is 4.98 Å². The number of hydrogen-bond acceptors (Lipinski definition) is 2. The summed E-state index contributed by atoms with van der Waals surface area (Å²) in [5, 5.41) is 5.22. The molecule has 2 heterocycles. The monoisotopic (exact) mass is 475 g/mol. The van der Waals surface area contributed by atoms with Crippen molar-refractivity contribution in [2.45, 2.75) is 5.41 Å². The fraction of sp³-hybridized carbons (Fsp3) is 0.0294. The van der Waals surface area contributed by atoms with Crippen LogP contribution in [0.15, 0.2) is 128 Å². The summed E-state index contributed by atoms with van der Waals surface area (Å²) in [7, 11) is 0. The van der Waals surface area contributed by atoms with Gasteiger partial charge in [-0.05, 0) is 46.0 Å². The van der Waals surface area contributed by atoms with E-state index in [0.717, 1.165) is 5.69 Å². The van der Waals surface area contributed by atoms with Gasteiger partial charge in [-0.2, -0.15) is 0 Å². The summed E-state index contributed by atoms with van der Waals surface area (Å²) in [6.45, 7) is 0. The van der Waals surface area contributed by atoms with Gasteiger partial charge in [0.25, 0.3) is 0 Å². The topological polar surface area (TPSA) is 12.9 Å². The van der Waals surface area contributed by atoms with Crippen LogP contribution in [0.5, 0.6) is 0 Å². The molecule has 0 spiro atoms. The smallest absolute Gasteiger partial charge is 0.0886 e. The SMILES string of the molecule is c1ccc(C2(c3ccccc3)c3ccccc3-c3cc4c5ccccc5sc4c4ccnc2c34)cc1. The molecule has 1 aliphatic rings. The van der Waals surface area contributed by atoms with E-state index in [-0.39, 0.29) is 0 Å². The summed E-state index contributed by atoms with van der Waals surface area (Å²) in [5.41, 5.74) is 6.95. The molecule has 1 aliphatic carbocycles. The quantitative estimate of drug-likeness (QED) is 0.243. The molecule has 0 bridgehead atoms. The van der Waals surface area contributed by atoms with Crippen LogP contribution in [0.25, 0.3) is 42.1 Å². The van der Waals surface area contributed by atoms with E-state index < -0.39 is 5.41 Å². The van der Waals surface area contributed by atoms with Crippen LogP contribution >= 0.6 is 11.3 Å². The van der Waals surface area contributed by atoms with Crippen LogP contribution in [0.2, 0.25) is 0 Å². The molecule has 7 aromatic rings. The fourth-order valence-corrected chi connectivity index (χ4v) is 7.56. The van der Waals surface area contributed by atoms with E-state index in [4.69, 9.17) is 4.98 Å². The van der Waals surface area contributed by atoms with E-state index in [9.17, 15) is 0 Å². The lowest BCUT2D eigenvalue weighted by Crippen LogP contribution is -2.34. The third-order valence-electron chi connectivity index (χ3n) is 7.78. The van der Waals surface area contributed by atoms with Crippen molar-refractivity contribution in [3.63, 3.8) is 0 Å². The predicted molar refractivity (Wildman–Crippen MR) is 152 cm³/mol.